The summed E-state index contributed by atoms with van der Waals surface area (Å²) in [7, 11) is 0. The molecular formula is C8H11Br2ClN2O. The zero-order valence-corrected chi connectivity index (χ0v) is 11.2. The van der Waals surface area contributed by atoms with Crippen molar-refractivity contribution < 1.29 is 5.11 Å². The number of benzene rings is 1. The molecule has 6 heteroatoms. The van der Waals surface area contributed by atoms with Crippen LogP contribution in [-0.2, 0) is 0 Å². The van der Waals surface area contributed by atoms with E-state index in [-0.39, 0.29) is 24.2 Å². The minimum atomic E-state index is -0.355. The largest absolute Gasteiger partial charge is 0.506 e. The minimum Gasteiger partial charge on any atom is -0.506 e. The number of phenols is 1. The zero-order chi connectivity index (χ0) is 10.0. The van der Waals surface area contributed by atoms with Gasteiger partial charge in [-0.2, -0.15) is 0 Å². The molecule has 0 amide bonds. The molecule has 0 aromatic heterocycles. The Labute approximate surface area is 106 Å². The van der Waals surface area contributed by atoms with Gasteiger partial charge in [0.1, 0.15) is 5.75 Å². The van der Waals surface area contributed by atoms with Gasteiger partial charge in [-0.3, -0.25) is 0 Å². The van der Waals surface area contributed by atoms with Crippen LogP contribution in [0.25, 0.3) is 0 Å². The molecule has 0 radical (unpaired) electrons. The first-order valence-corrected chi connectivity index (χ1v) is 5.29. The summed E-state index contributed by atoms with van der Waals surface area (Å²) in [6.07, 6.45) is 0. The lowest BCUT2D eigenvalue weighted by atomic mass is 10.1. The minimum absolute atomic E-state index is 0. The fraction of sp³-hybridized carbons (Fsp3) is 0.250. The highest BCUT2D eigenvalue weighted by Crippen LogP contribution is 2.36. The first kappa shape index (κ1) is 14.2. The monoisotopic (exact) mass is 344 g/mol. The molecule has 1 aromatic carbocycles. The Morgan fingerprint density at radius 2 is 1.79 bits per heavy atom. The highest BCUT2D eigenvalue weighted by atomic mass is 79.9. The maximum absolute atomic E-state index is 9.67. The molecule has 80 valence electrons. The molecule has 1 rings (SSSR count). The van der Waals surface area contributed by atoms with Gasteiger partial charge in [0.05, 0.1) is 4.47 Å². The van der Waals surface area contributed by atoms with Crippen molar-refractivity contribution in [2.75, 3.05) is 6.54 Å². The molecule has 0 aliphatic carbocycles. The van der Waals surface area contributed by atoms with Crippen LogP contribution in [0, 0.1) is 0 Å². The quantitative estimate of drug-likeness (QED) is 0.769. The Morgan fingerprint density at radius 1 is 1.29 bits per heavy atom. The molecule has 14 heavy (non-hydrogen) atoms. The molecule has 0 heterocycles. The number of aromatic hydroxyl groups is 1. The van der Waals surface area contributed by atoms with Crippen molar-refractivity contribution >= 4 is 44.3 Å². The summed E-state index contributed by atoms with van der Waals surface area (Å²) in [5, 5.41) is 9.67. The second kappa shape index (κ2) is 5.92. The van der Waals surface area contributed by atoms with Crippen LogP contribution in [0.5, 0.6) is 5.75 Å². The van der Waals surface area contributed by atoms with E-state index in [1.807, 2.05) is 6.07 Å². The Morgan fingerprint density at radius 3 is 2.29 bits per heavy atom. The summed E-state index contributed by atoms with van der Waals surface area (Å²) >= 11 is 6.52. The third-order valence-corrected chi connectivity index (χ3v) is 3.07. The lowest BCUT2D eigenvalue weighted by Gasteiger charge is -2.14. The van der Waals surface area contributed by atoms with E-state index in [1.54, 1.807) is 6.07 Å². The molecule has 3 nitrogen and oxygen atoms in total. The van der Waals surface area contributed by atoms with Crippen LogP contribution >= 0.6 is 44.3 Å². The van der Waals surface area contributed by atoms with Gasteiger partial charge in [0.15, 0.2) is 0 Å². The van der Waals surface area contributed by atoms with E-state index in [4.69, 9.17) is 11.5 Å². The molecule has 1 aromatic rings. The van der Waals surface area contributed by atoms with Gasteiger partial charge in [-0.05, 0) is 28.1 Å². The van der Waals surface area contributed by atoms with E-state index in [0.717, 1.165) is 4.47 Å². The Hall–Kier alpha value is 0.190. The van der Waals surface area contributed by atoms with Crippen molar-refractivity contribution in [2.45, 2.75) is 6.04 Å². The lowest BCUT2D eigenvalue weighted by molar-refractivity contribution is 0.458. The summed E-state index contributed by atoms with van der Waals surface area (Å²) in [6.45, 7) is 0.294. The zero-order valence-electron chi connectivity index (χ0n) is 7.21. The number of hydrogen-bond donors (Lipinski definition) is 3. The van der Waals surface area contributed by atoms with Gasteiger partial charge < -0.3 is 16.6 Å². The Balaban J connectivity index is 0.00000169. The van der Waals surface area contributed by atoms with E-state index >= 15 is 0 Å². The number of rotatable bonds is 2. The molecule has 1 atom stereocenters. The van der Waals surface area contributed by atoms with Gasteiger partial charge in [0.2, 0.25) is 0 Å². The van der Waals surface area contributed by atoms with Crippen LogP contribution in [0.4, 0.5) is 0 Å². The van der Waals surface area contributed by atoms with E-state index in [9.17, 15) is 5.11 Å². The highest BCUT2D eigenvalue weighted by Gasteiger charge is 2.15. The average Bonchev–Trinajstić information content (AvgIpc) is 2.12. The number of phenolic OH excluding ortho intramolecular Hbond substituents is 1. The van der Waals surface area contributed by atoms with Crippen LogP contribution in [0.1, 0.15) is 11.6 Å². The fourth-order valence-corrected chi connectivity index (χ4v) is 1.99. The van der Waals surface area contributed by atoms with Gasteiger partial charge >= 0.3 is 0 Å². The lowest BCUT2D eigenvalue weighted by Crippen LogP contribution is -2.21. The van der Waals surface area contributed by atoms with E-state index < -0.39 is 0 Å². The first-order valence-electron chi connectivity index (χ1n) is 3.70. The standard InChI is InChI=1S/C8H10Br2N2O.ClH/c9-4-1-2-5(10)8(13)7(4)6(12)3-11;/h1-2,6,13H,3,11-12H2;1H/t6-;/m1./s1. The molecule has 0 saturated heterocycles. The molecule has 5 N–H and O–H groups in total. The highest BCUT2D eigenvalue weighted by molar-refractivity contribution is 9.11. The number of nitrogens with two attached hydrogens (primary N) is 2. The molecule has 0 fully saturated rings. The van der Waals surface area contributed by atoms with Crippen molar-refractivity contribution in [2.24, 2.45) is 11.5 Å². The summed E-state index contributed by atoms with van der Waals surface area (Å²) in [5.74, 6) is 0.146. The van der Waals surface area contributed by atoms with Crippen LogP contribution in [0.15, 0.2) is 21.1 Å². The Kier molecular flexibility index (Phi) is 6.00. The molecular weight excluding hydrogens is 335 g/mol. The average molecular weight is 346 g/mol. The van der Waals surface area contributed by atoms with Crippen molar-refractivity contribution in [1.82, 2.24) is 0 Å². The maximum atomic E-state index is 9.67. The summed E-state index contributed by atoms with van der Waals surface area (Å²) < 4.78 is 1.39. The van der Waals surface area contributed by atoms with Crippen LogP contribution in [-0.4, -0.2) is 11.7 Å². The van der Waals surface area contributed by atoms with Gasteiger partial charge in [-0.15, -0.1) is 12.4 Å². The van der Waals surface area contributed by atoms with E-state index in [0.29, 0.717) is 16.6 Å². The molecule has 0 aliphatic rings. The molecule has 0 aliphatic heterocycles. The third-order valence-electron chi connectivity index (χ3n) is 1.74. The predicted octanol–water partition coefficient (Wildman–Crippen LogP) is 2.30. The normalized spacial score (nSPS) is 12.0. The van der Waals surface area contributed by atoms with Crippen molar-refractivity contribution in [3.8, 4) is 5.75 Å². The van der Waals surface area contributed by atoms with Crippen LogP contribution in [0.3, 0.4) is 0 Å². The second-order valence-corrected chi connectivity index (χ2v) is 4.34. The fourth-order valence-electron chi connectivity index (χ4n) is 1.03. The molecule has 0 saturated carbocycles. The van der Waals surface area contributed by atoms with Gasteiger partial charge in [-0.25, -0.2) is 0 Å². The third kappa shape index (κ3) is 2.84. The smallest absolute Gasteiger partial charge is 0.135 e. The van der Waals surface area contributed by atoms with Crippen molar-refractivity contribution in [3.05, 3.63) is 26.6 Å². The SMILES string of the molecule is Cl.NC[C@@H](N)c1c(Br)ccc(Br)c1O. The van der Waals surface area contributed by atoms with Gasteiger partial charge in [0, 0.05) is 22.6 Å². The maximum Gasteiger partial charge on any atom is 0.135 e. The van der Waals surface area contributed by atoms with Crippen LogP contribution in [0.2, 0.25) is 0 Å². The molecule has 0 spiro atoms. The molecule has 0 unspecified atom stereocenters. The van der Waals surface area contributed by atoms with Crippen molar-refractivity contribution in [1.29, 1.82) is 0 Å². The predicted molar refractivity (Wildman–Crippen MR) is 66.7 cm³/mol. The molecule has 0 bridgehead atoms. The Bertz CT molecular complexity index is 322. The number of halogens is 3. The van der Waals surface area contributed by atoms with Gasteiger partial charge in [-0.1, -0.05) is 15.9 Å². The topological polar surface area (TPSA) is 72.3 Å². The van der Waals surface area contributed by atoms with Gasteiger partial charge in [0.25, 0.3) is 0 Å². The number of hydrogen-bond acceptors (Lipinski definition) is 3. The van der Waals surface area contributed by atoms with E-state index in [1.165, 1.54) is 0 Å². The first-order chi connectivity index (χ1) is 6.07. The van der Waals surface area contributed by atoms with E-state index in [2.05, 4.69) is 31.9 Å². The summed E-state index contributed by atoms with van der Waals surface area (Å²) in [5.41, 5.74) is 11.8. The van der Waals surface area contributed by atoms with Crippen LogP contribution < -0.4 is 11.5 Å². The summed E-state index contributed by atoms with van der Waals surface area (Å²) in [6, 6.07) is 3.20. The summed E-state index contributed by atoms with van der Waals surface area (Å²) in [4.78, 5) is 0. The van der Waals surface area contributed by atoms with Crippen molar-refractivity contribution in [3.63, 3.8) is 0 Å². The second-order valence-electron chi connectivity index (χ2n) is 2.63.